The van der Waals surface area contributed by atoms with E-state index in [2.05, 4.69) is 5.32 Å². The minimum atomic E-state index is -4.63. The van der Waals surface area contributed by atoms with Crippen molar-refractivity contribution >= 4 is 17.5 Å². The number of carbonyl (C=O) groups excluding carboxylic acids is 1. The first-order chi connectivity index (χ1) is 9.68. The highest BCUT2D eigenvalue weighted by Crippen LogP contribution is 2.32. The molecule has 0 aliphatic heterocycles. The Labute approximate surface area is 123 Å². The molecule has 1 aliphatic rings. The molecule has 1 aromatic heterocycles. The molecule has 1 amide bonds. The lowest BCUT2D eigenvalue weighted by Crippen LogP contribution is -2.38. The van der Waals surface area contributed by atoms with Crippen LogP contribution in [-0.4, -0.2) is 16.5 Å². The minimum Gasteiger partial charge on any atom is -0.352 e. The fourth-order valence-electron chi connectivity index (χ4n) is 2.04. The van der Waals surface area contributed by atoms with E-state index in [1.165, 1.54) is 0 Å². The van der Waals surface area contributed by atoms with Crippen molar-refractivity contribution in [2.45, 2.75) is 38.5 Å². The molecule has 1 aromatic rings. The number of alkyl halides is 3. The fraction of sp³-hybridized carbons (Fsp3) is 0.538. The van der Waals surface area contributed by atoms with Crippen molar-refractivity contribution in [3.8, 4) is 0 Å². The first-order valence-electron chi connectivity index (χ1n) is 6.45. The average Bonchev–Trinajstić information content (AvgIpc) is 3.17. The third kappa shape index (κ3) is 4.00. The van der Waals surface area contributed by atoms with Gasteiger partial charge >= 0.3 is 6.18 Å². The van der Waals surface area contributed by atoms with Gasteiger partial charge < -0.3 is 9.88 Å². The standard InChI is InChI=1S/C13H14ClF3N2O2/c1-7(8-2-3-8)18-11(20)6-19-5-9(13(15,16)17)4-10(14)12(19)21/h4-5,7-8H,2-3,6H2,1H3,(H,18,20)/t7-/m1/s1. The number of halogens is 4. The first-order valence-corrected chi connectivity index (χ1v) is 6.83. The average molecular weight is 323 g/mol. The summed E-state index contributed by atoms with van der Waals surface area (Å²) >= 11 is 5.51. The maximum absolute atomic E-state index is 12.7. The van der Waals surface area contributed by atoms with Crippen LogP contribution in [0.1, 0.15) is 25.3 Å². The van der Waals surface area contributed by atoms with Crippen molar-refractivity contribution in [3.63, 3.8) is 0 Å². The SMILES string of the molecule is C[C@@H](NC(=O)Cn1cc(C(F)(F)F)cc(Cl)c1=O)C1CC1. The predicted molar refractivity (Wildman–Crippen MR) is 71.0 cm³/mol. The molecule has 1 fully saturated rings. The number of amides is 1. The Kier molecular flexibility index (Phi) is 4.32. The highest BCUT2D eigenvalue weighted by atomic mass is 35.5. The molecule has 0 aromatic carbocycles. The van der Waals surface area contributed by atoms with Crippen molar-refractivity contribution in [2.24, 2.45) is 5.92 Å². The molecule has 2 rings (SSSR count). The Bertz CT molecular complexity index is 608. The van der Waals surface area contributed by atoms with Crippen LogP contribution in [0.25, 0.3) is 0 Å². The quantitative estimate of drug-likeness (QED) is 0.925. The summed E-state index contributed by atoms with van der Waals surface area (Å²) in [5.41, 5.74) is -1.88. The zero-order valence-electron chi connectivity index (χ0n) is 11.2. The highest BCUT2D eigenvalue weighted by molar-refractivity contribution is 6.30. The third-order valence-electron chi connectivity index (χ3n) is 3.40. The summed E-state index contributed by atoms with van der Waals surface area (Å²) in [4.78, 5) is 23.5. The van der Waals surface area contributed by atoms with Gasteiger partial charge in [0, 0.05) is 12.2 Å². The Morgan fingerprint density at radius 1 is 1.52 bits per heavy atom. The van der Waals surface area contributed by atoms with E-state index in [-0.39, 0.29) is 6.04 Å². The molecule has 1 saturated carbocycles. The summed E-state index contributed by atoms with van der Waals surface area (Å²) in [7, 11) is 0. The number of rotatable bonds is 4. The van der Waals surface area contributed by atoms with E-state index >= 15 is 0 Å². The van der Waals surface area contributed by atoms with Crippen LogP contribution in [0.3, 0.4) is 0 Å². The number of aromatic nitrogens is 1. The molecule has 4 nitrogen and oxygen atoms in total. The van der Waals surface area contributed by atoms with Gasteiger partial charge in [-0.3, -0.25) is 9.59 Å². The summed E-state index contributed by atoms with van der Waals surface area (Å²) in [5.74, 6) is -0.0948. The summed E-state index contributed by atoms with van der Waals surface area (Å²) in [6.45, 7) is 1.34. The van der Waals surface area contributed by atoms with Crippen molar-refractivity contribution in [3.05, 3.63) is 33.2 Å². The van der Waals surface area contributed by atoms with E-state index in [1.54, 1.807) is 0 Å². The molecule has 0 saturated heterocycles. The lowest BCUT2D eigenvalue weighted by molar-refractivity contribution is -0.138. The first kappa shape index (κ1) is 15.9. The Hall–Kier alpha value is -1.50. The normalized spacial score (nSPS) is 16.6. The maximum atomic E-state index is 12.7. The van der Waals surface area contributed by atoms with Gasteiger partial charge in [-0.1, -0.05) is 11.6 Å². The monoisotopic (exact) mass is 322 g/mol. The smallest absolute Gasteiger partial charge is 0.352 e. The van der Waals surface area contributed by atoms with Crippen LogP contribution >= 0.6 is 11.6 Å². The zero-order chi connectivity index (χ0) is 15.8. The highest BCUT2D eigenvalue weighted by Gasteiger charge is 2.32. The second-order valence-corrected chi connectivity index (χ2v) is 5.61. The Balaban J connectivity index is 2.16. The van der Waals surface area contributed by atoms with Crippen LogP contribution in [0.2, 0.25) is 5.02 Å². The van der Waals surface area contributed by atoms with E-state index in [0.29, 0.717) is 22.7 Å². The van der Waals surface area contributed by atoms with Gasteiger partial charge in [0.2, 0.25) is 5.91 Å². The predicted octanol–water partition coefficient (Wildman–Crippen LogP) is 2.44. The van der Waals surface area contributed by atoms with Crippen molar-refractivity contribution in [1.29, 1.82) is 0 Å². The van der Waals surface area contributed by atoms with E-state index in [1.807, 2.05) is 6.92 Å². The van der Waals surface area contributed by atoms with Crippen LogP contribution in [0.15, 0.2) is 17.1 Å². The van der Waals surface area contributed by atoms with Crippen LogP contribution in [0.5, 0.6) is 0 Å². The van der Waals surface area contributed by atoms with Gasteiger partial charge in [-0.05, 0) is 31.7 Å². The van der Waals surface area contributed by atoms with Crippen molar-refractivity contribution in [2.75, 3.05) is 0 Å². The lowest BCUT2D eigenvalue weighted by atomic mass is 10.2. The van der Waals surface area contributed by atoms with E-state index in [4.69, 9.17) is 11.6 Å². The molecule has 21 heavy (non-hydrogen) atoms. The van der Waals surface area contributed by atoms with Crippen molar-refractivity contribution in [1.82, 2.24) is 9.88 Å². The summed E-state index contributed by atoms with van der Waals surface area (Å²) in [6, 6.07) is 0.514. The lowest BCUT2D eigenvalue weighted by Gasteiger charge is -2.15. The summed E-state index contributed by atoms with van der Waals surface area (Å²) in [6.07, 6.45) is -1.97. The summed E-state index contributed by atoms with van der Waals surface area (Å²) < 4.78 is 38.7. The van der Waals surface area contributed by atoms with Gasteiger partial charge in [-0.15, -0.1) is 0 Å². The van der Waals surface area contributed by atoms with E-state index in [9.17, 15) is 22.8 Å². The molecular weight excluding hydrogens is 309 g/mol. The second-order valence-electron chi connectivity index (χ2n) is 5.20. The number of carbonyl (C=O) groups is 1. The van der Waals surface area contributed by atoms with Gasteiger partial charge in [-0.25, -0.2) is 0 Å². The molecule has 8 heteroatoms. The molecule has 1 aliphatic carbocycles. The molecule has 1 heterocycles. The van der Waals surface area contributed by atoms with Gasteiger partial charge in [0.1, 0.15) is 11.6 Å². The number of pyridine rings is 1. The molecule has 0 unspecified atom stereocenters. The van der Waals surface area contributed by atoms with E-state index in [0.717, 1.165) is 12.8 Å². The van der Waals surface area contributed by atoms with Crippen LogP contribution in [0, 0.1) is 5.92 Å². The largest absolute Gasteiger partial charge is 0.417 e. The number of nitrogens with one attached hydrogen (secondary N) is 1. The fourth-order valence-corrected chi connectivity index (χ4v) is 2.27. The molecule has 1 atom stereocenters. The Morgan fingerprint density at radius 2 is 2.14 bits per heavy atom. The third-order valence-corrected chi connectivity index (χ3v) is 3.67. The second kappa shape index (κ2) is 5.71. The molecule has 1 N–H and O–H groups in total. The number of hydrogen-bond acceptors (Lipinski definition) is 2. The van der Waals surface area contributed by atoms with E-state index < -0.39 is 34.8 Å². The molecular formula is C13H14ClF3N2O2. The van der Waals surface area contributed by atoms with Crippen molar-refractivity contribution < 1.29 is 18.0 Å². The number of hydrogen-bond donors (Lipinski definition) is 1. The van der Waals surface area contributed by atoms with Gasteiger partial charge in [0.25, 0.3) is 5.56 Å². The maximum Gasteiger partial charge on any atom is 0.417 e. The van der Waals surface area contributed by atoms with Gasteiger partial charge in [0.15, 0.2) is 0 Å². The molecule has 0 spiro atoms. The zero-order valence-corrected chi connectivity index (χ0v) is 12.0. The minimum absolute atomic E-state index is 0.0468. The number of nitrogens with zero attached hydrogens (tertiary/aromatic N) is 1. The Morgan fingerprint density at radius 3 is 2.67 bits per heavy atom. The molecule has 116 valence electrons. The van der Waals surface area contributed by atoms with Crippen LogP contribution in [0.4, 0.5) is 13.2 Å². The topological polar surface area (TPSA) is 51.1 Å². The summed E-state index contributed by atoms with van der Waals surface area (Å²) in [5, 5.41) is 2.11. The molecule has 0 radical (unpaired) electrons. The molecule has 0 bridgehead atoms. The van der Waals surface area contributed by atoms with Crippen LogP contribution in [-0.2, 0) is 17.5 Å². The van der Waals surface area contributed by atoms with Crippen LogP contribution < -0.4 is 10.9 Å². The van der Waals surface area contributed by atoms with Gasteiger partial charge in [-0.2, -0.15) is 13.2 Å². The van der Waals surface area contributed by atoms with Gasteiger partial charge in [0.05, 0.1) is 5.56 Å².